The van der Waals surface area contributed by atoms with E-state index in [0.29, 0.717) is 38.5 Å². The first kappa shape index (κ1) is 64.5. The largest absolute Gasteiger partial charge is 0.462 e. The van der Waals surface area contributed by atoms with Gasteiger partial charge < -0.3 is 34.6 Å². The lowest BCUT2D eigenvalue weighted by Gasteiger charge is -2.18. The Balaban J connectivity index is 4.56. The second-order valence-electron chi connectivity index (χ2n) is 19.1. The molecule has 0 saturated carbocycles. The summed E-state index contributed by atoms with van der Waals surface area (Å²) in [4.78, 5) is 38.1. The molecule has 5 atom stereocenters. The van der Waals surface area contributed by atoms with Gasteiger partial charge in [0.05, 0.1) is 24.4 Å². The first-order chi connectivity index (χ1) is 32.6. The average molecular weight is 949 g/mol. The minimum absolute atomic E-state index is 0.156. The molecule has 10 heteroatoms. The molecule has 0 aromatic heterocycles. The van der Waals surface area contributed by atoms with Crippen LogP contribution in [0.4, 0.5) is 0 Å². The molecule has 5 unspecified atom stereocenters. The highest BCUT2D eigenvalue weighted by molar-refractivity contribution is 5.71. The molecule has 10 nitrogen and oxygen atoms in total. The van der Waals surface area contributed by atoms with Gasteiger partial charge in [0.25, 0.3) is 0 Å². The maximum atomic E-state index is 12.8. The summed E-state index contributed by atoms with van der Waals surface area (Å²) >= 11 is 0. The zero-order valence-electron chi connectivity index (χ0n) is 43.4. The number of esters is 3. The highest BCUT2D eigenvalue weighted by atomic mass is 16.6. The van der Waals surface area contributed by atoms with Crippen molar-refractivity contribution in [2.24, 2.45) is 0 Å². The van der Waals surface area contributed by atoms with Crippen LogP contribution in [-0.2, 0) is 28.6 Å². The number of hydrogen-bond donors (Lipinski definition) is 4. The zero-order chi connectivity index (χ0) is 49.3. The number of hydrogen-bond acceptors (Lipinski definition) is 10. The fourth-order valence-corrected chi connectivity index (χ4v) is 7.95. The summed E-state index contributed by atoms with van der Waals surface area (Å²) in [6, 6.07) is 0. The molecular formula is C57H104O10. The predicted octanol–water partition coefficient (Wildman–Crippen LogP) is 14.0. The van der Waals surface area contributed by atoms with Gasteiger partial charge in [-0.15, -0.1) is 0 Å². The summed E-state index contributed by atoms with van der Waals surface area (Å²) < 4.78 is 16.7. The van der Waals surface area contributed by atoms with Crippen LogP contribution in [0.1, 0.15) is 265 Å². The number of ether oxygens (including phenoxy) is 3. The van der Waals surface area contributed by atoms with Crippen LogP contribution in [0.15, 0.2) is 36.5 Å². The quantitative estimate of drug-likeness (QED) is 0.0200. The minimum Gasteiger partial charge on any atom is -0.462 e. The summed E-state index contributed by atoms with van der Waals surface area (Å²) in [6.45, 7) is 6.23. The highest BCUT2D eigenvalue weighted by Gasteiger charge is 2.20. The molecule has 67 heavy (non-hydrogen) atoms. The molecule has 0 heterocycles. The lowest BCUT2D eigenvalue weighted by atomic mass is 10.0. The molecular weight excluding hydrogens is 845 g/mol. The van der Waals surface area contributed by atoms with Gasteiger partial charge in [-0.2, -0.15) is 0 Å². The van der Waals surface area contributed by atoms with Gasteiger partial charge in [-0.25, -0.2) is 0 Å². The van der Waals surface area contributed by atoms with Crippen molar-refractivity contribution in [1.82, 2.24) is 0 Å². The molecule has 0 aromatic rings. The van der Waals surface area contributed by atoms with Crippen molar-refractivity contribution in [3.8, 4) is 0 Å². The van der Waals surface area contributed by atoms with Crippen molar-refractivity contribution in [3.63, 3.8) is 0 Å². The van der Waals surface area contributed by atoms with Gasteiger partial charge >= 0.3 is 17.9 Å². The second kappa shape index (κ2) is 49.9. The maximum Gasteiger partial charge on any atom is 0.306 e. The molecule has 0 radical (unpaired) electrons. The Morgan fingerprint density at radius 3 is 1.09 bits per heavy atom. The van der Waals surface area contributed by atoms with Crippen molar-refractivity contribution in [1.29, 1.82) is 0 Å². The number of carbonyl (C=O) groups is 3. The summed E-state index contributed by atoms with van der Waals surface area (Å²) in [6.07, 6.45) is 44.5. The van der Waals surface area contributed by atoms with E-state index in [1.807, 2.05) is 12.2 Å². The summed E-state index contributed by atoms with van der Waals surface area (Å²) in [7, 11) is 0. The Kier molecular flexibility index (Phi) is 48.0. The standard InChI is InChI=1S/C57H104O10/c1-4-7-10-12-14-15-16-17-18-19-20-21-26-32-40-47-57(64)67-50(48-65-55(62)45-38-31-25-23-22-24-29-36-43-52(59)51(58)41-34-9-6-3)49-66-56(63)46-39-33-27-30-37-44-54(61)53(60)42-35-28-13-11-8-5-2/h17-18,28-29,35-36,50-54,58-61H,4-16,19-27,30-34,37-49H2,1-3H3/b18-17-,35-28-,36-29-. The van der Waals surface area contributed by atoms with Gasteiger partial charge in [0, 0.05) is 19.3 Å². The van der Waals surface area contributed by atoms with Crippen molar-refractivity contribution in [2.45, 2.75) is 295 Å². The average Bonchev–Trinajstić information content (AvgIpc) is 3.32. The van der Waals surface area contributed by atoms with Crippen LogP contribution in [0.5, 0.6) is 0 Å². The number of aliphatic hydroxyl groups excluding tert-OH is 4. The summed E-state index contributed by atoms with van der Waals surface area (Å²) in [5, 5.41) is 40.8. The monoisotopic (exact) mass is 949 g/mol. The molecule has 0 aromatic carbocycles. The van der Waals surface area contributed by atoms with E-state index in [-0.39, 0.29) is 50.4 Å². The second-order valence-corrected chi connectivity index (χ2v) is 19.1. The van der Waals surface area contributed by atoms with Crippen LogP contribution in [-0.4, -0.2) is 82.1 Å². The number of rotatable bonds is 50. The van der Waals surface area contributed by atoms with Crippen LogP contribution < -0.4 is 0 Å². The zero-order valence-corrected chi connectivity index (χ0v) is 43.4. The third-order valence-corrected chi connectivity index (χ3v) is 12.5. The van der Waals surface area contributed by atoms with Gasteiger partial charge in [0.1, 0.15) is 13.2 Å². The maximum absolute atomic E-state index is 12.8. The molecule has 0 rings (SSSR count). The number of unbranched alkanes of at least 4 members (excludes halogenated alkanes) is 25. The topological polar surface area (TPSA) is 160 Å². The van der Waals surface area contributed by atoms with E-state index in [0.717, 1.165) is 128 Å². The summed E-state index contributed by atoms with van der Waals surface area (Å²) in [5.74, 6) is -1.12. The molecule has 0 saturated heterocycles. The molecule has 392 valence electrons. The van der Waals surface area contributed by atoms with Crippen molar-refractivity contribution in [3.05, 3.63) is 36.5 Å². The minimum atomic E-state index is -0.861. The van der Waals surface area contributed by atoms with E-state index in [4.69, 9.17) is 14.2 Å². The lowest BCUT2D eigenvalue weighted by molar-refractivity contribution is -0.167. The van der Waals surface area contributed by atoms with Gasteiger partial charge in [0.2, 0.25) is 0 Å². The SMILES string of the molecule is CCCCC/C=C\CC(O)C(O)CCCCCCCC(=O)OCC(COC(=O)CCCCCCC/C=C\CC(O)C(O)CCCCC)OC(=O)CCCCCCC/C=C\CCCCCCCC. The Morgan fingerprint density at radius 1 is 0.358 bits per heavy atom. The van der Waals surface area contributed by atoms with Crippen LogP contribution in [0, 0.1) is 0 Å². The van der Waals surface area contributed by atoms with Crippen molar-refractivity contribution >= 4 is 17.9 Å². The molecule has 4 N–H and O–H groups in total. The van der Waals surface area contributed by atoms with Crippen LogP contribution in [0.2, 0.25) is 0 Å². The highest BCUT2D eigenvalue weighted by Crippen LogP contribution is 2.16. The third-order valence-electron chi connectivity index (χ3n) is 12.5. The van der Waals surface area contributed by atoms with E-state index >= 15 is 0 Å². The normalized spacial score (nSPS) is 14.2. The smallest absolute Gasteiger partial charge is 0.306 e. The third kappa shape index (κ3) is 45.7. The molecule has 0 aliphatic rings. The number of carbonyl (C=O) groups excluding carboxylic acids is 3. The number of aliphatic hydroxyl groups is 4. The first-order valence-electron chi connectivity index (χ1n) is 27.8. The predicted molar refractivity (Wildman–Crippen MR) is 276 cm³/mol. The fourth-order valence-electron chi connectivity index (χ4n) is 7.95. The van der Waals surface area contributed by atoms with Gasteiger partial charge in [-0.05, 0) is 96.3 Å². The number of allylic oxidation sites excluding steroid dienone is 4. The van der Waals surface area contributed by atoms with Gasteiger partial charge in [-0.3, -0.25) is 14.4 Å². The molecule has 0 spiro atoms. The molecule has 0 aliphatic carbocycles. The Morgan fingerprint density at radius 2 is 0.657 bits per heavy atom. The lowest BCUT2D eigenvalue weighted by Crippen LogP contribution is -2.30. The molecule has 0 amide bonds. The van der Waals surface area contributed by atoms with E-state index in [9.17, 15) is 34.8 Å². The Hall–Kier alpha value is -2.53. The first-order valence-corrected chi connectivity index (χ1v) is 27.8. The molecule has 0 aliphatic heterocycles. The van der Waals surface area contributed by atoms with E-state index < -0.39 is 30.5 Å². The molecule has 0 fully saturated rings. The van der Waals surface area contributed by atoms with Crippen LogP contribution >= 0.6 is 0 Å². The van der Waals surface area contributed by atoms with Crippen molar-refractivity contribution < 1.29 is 49.0 Å². The summed E-state index contributed by atoms with van der Waals surface area (Å²) in [5.41, 5.74) is 0. The van der Waals surface area contributed by atoms with Crippen LogP contribution in [0.25, 0.3) is 0 Å². The van der Waals surface area contributed by atoms with Gasteiger partial charge in [-0.1, -0.05) is 186 Å². The van der Waals surface area contributed by atoms with Crippen LogP contribution in [0.3, 0.4) is 0 Å². The fraction of sp³-hybridized carbons (Fsp3) is 0.842. The molecule has 0 bridgehead atoms. The Labute approximate surface area is 410 Å². The van der Waals surface area contributed by atoms with Crippen molar-refractivity contribution in [2.75, 3.05) is 13.2 Å². The van der Waals surface area contributed by atoms with E-state index in [2.05, 4.69) is 45.1 Å². The van der Waals surface area contributed by atoms with E-state index in [1.165, 1.54) is 57.8 Å². The van der Waals surface area contributed by atoms with Gasteiger partial charge in [0.15, 0.2) is 6.10 Å². The van der Waals surface area contributed by atoms with E-state index in [1.54, 1.807) is 0 Å². The Bertz CT molecular complexity index is 1200.